The van der Waals surface area contributed by atoms with Crippen LogP contribution in [0.4, 0.5) is 0 Å². The molecule has 1 aromatic rings. The molecular formula is C34H55Cl2N5O4. The van der Waals surface area contributed by atoms with E-state index in [1.165, 1.54) is 12.0 Å². The summed E-state index contributed by atoms with van der Waals surface area (Å²) >= 11 is 0. The van der Waals surface area contributed by atoms with Gasteiger partial charge in [-0.05, 0) is 87.6 Å². The van der Waals surface area contributed by atoms with Crippen LogP contribution in [0.1, 0.15) is 93.5 Å². The first-order valence-electron chi connectivity index (χ1n) is 16.9. The van der Waals surface area contributed by atoms with Gasteiger partial charge in [-0.2, -0.15) is 0 Å². The van der Waals surface area contributed by atoms with Crippen molar-refractivity contribution >= 4 is 42.5 Å². The number of hydrogen-bond acceptors (Lipinski definition) is 6. The largest absolute Gasteiger partial charge is 0.390 e. The standard InChI is InChI=1S/C34H53N5O4.2ClH/c1-3-4-18-39-32(42)29(30(40)27-8-6-5-7-9-27)36-33(43)34(39)16-21-38(22-17-34)24-26-14-19-37(20-15-26)23-25-10-12-28(13-11-25)31(41)35-2;;/h10-13,26-27,29-30,40H,3-9,14-24H2,1-2H3,(H,35,41)(H,36,43);2*1H/t29-,30-;;/m1../s1. The van der Waals surface area contributed by atoms with Gasteiger partial charge >= 0.3 is 0 Å². The average Bonchev–Trinajstić information content (AvgIpc) is 3.04. The molecule has 254 valence electrons. The van der Waals surface area contributed by atoms with Gasteiger partial charge in [-0.15, -0.1) is 24.8 Å². The molecule has 4 aliphatic rings. The molecule has 45 heavy (non-hydrogen) atoms. The van der Waals surface area contributed by atoms with Crippen LogP contribution < -0.4 is 10.6 Å². The summed E-state index contributed by atoms with van der Waals surface area (Å²) in [6.45, 7) is 8.40. The summed E-state index contributed by atoms with van der Waals surface area (Å²) in [5, 5.41) is 16.9. The van der Waals surface area contributed by atoms with Gasteiger partial charge < -0.3 is 25.5 Å². The molecule has 3 saturated heterocycles. The Hall–Kier alpha value is -1.91. The molecule has 0 aromatic heterocycles. The Morgan fingerprint density at radius 3 is 2.22 bits per heavy atom. The predicted octanol–water partition coefficient (Wildman–Crippen LogP) is 4.00. The van der Waals surface area contributed by atoms with Crippen LogP contribution in [-0.4, -0.2) is 102 Å². The van der Waals surface area contributed by atoms with Crippen molar-refractivity contribution in [2.24, 2.45) is 11.8 Å². The fourth-order valence-corrected chi connectivity index (χ4v) is 7.92. The summed E-state index contributed by atoms with van der Waals surface area (Å²) in [6, 6.07) is 7.08. The number of piperidine rings is 2. The number of aliphatic hydroxyl groups excluding tert-OH is 1. The van der Waals surface area contributed by atoms with Crippen LogP contribution in [0.15, 0.2) is 24.3 Å². The Morgan fingerprint density at radius 2 is 1.62 bits per heavy atom. The Balaban J connectivity index is 0.00000276. The van der Waals surface area contributed by atoms with Gasteiger partial charge in [-0.1, -0.05) is 44.7 Å². The monoisotopic (exact) mass is 667 g/mol. The van der Waals surface area contributed by atoms with Gasteiger partial charge in [0.05, 0.1) is 6.10 Å². The van der Waals surface area contributed by atoms with E-state index in [0.29, 0.717) is 30.9 Å². The zero-order chi connectivity index (χ0) is 30.4. The van der Waals surface area contributed by atoms with Crippen molar-refractivity contribution in [2.75, 3.05) is 46.3 Å². The van der Waals surface area contributed by atoms with E-state index >= 15 is 0 Å². The lowest BCUT2D eigenvalue weighted by Gasteiger charge is -2.53. The van der Waals surface area contributed by atoms with E-state index in [2.05, 4.69) is 39.5 Å². The van der Waals surface area contributed by atoms with Crippen LogP contribution >= 0.6 is 24.8 Å². The van der Waals surface area contributed by atoms with E-state index < -0.39 is 17.7 Å². The Kier molecular flexibility index (Phi) is 14.4. The second-order valence-corrected chi connectivity index (χ2v) is 13.5. The van der Waals surface area contributed by atoms with Crippen molar-refractivity contribution in [3.8, 4) is 0 Å². The first kappa shape index (κ1) is 37.5. The average molecular weight is 669 g/mol. The maximum Gasteiger partial charge on any atom is 0.251 e. The Bertz CT molecular complexity index is 1100. The second-order valence-electron chi connectivity index (χ2n) is 13.5. The highest BCUT2D eigenvalue weighted by Crippen LogP contribution is 2.36. The van der Waals surface area contributed by atoms with Crippen LogP contribution in [0.3, 0.4) is 0 Å². The molecule has 3 aliphatic heterocycles. The first-order chi connectivity index (χ1) is 20.8. The molecule has 1 saturated carbocycles. The number of benzene rings is 1. The van der Waals surface area contributed by atoms with Gasteiger partial charge in [0.1, 0.15) is 11.6 Å². The molecule has 3 heterocycles. The number of hydrogen-bond donors (Lipinski definition) is 3. The minimum atomic E-state index is -0.810. The Morgan fingerprint density at radius 1 is 0.978 bits per heavy atom. The highest BCUT2D eigenvalue weighted by atomic mass is 35.5. The lowest BCUT2D eigenvalue weighted by atomic mass is 9.77. The number of aliphatic hydroxyl groups is 1. The third-order valence-electron chi connectivity index (χ3n) is 10.7. The molecule has 3 N–H and O–H groups in total. The van der Waals surface area contributed by atoms with Crippen LogP contribution in [0, 0.1) is 11.8 Å². The molecule has 0 unspecified atom stereocenters. The maximum absolute atomic E-state index is 13.9. The zero-order valence-corrected chi connectivity index (χ0v) is 28.8. The third-order valence-corrected chi connectivity index (χ3v) is 10.7. The van der Waals surface area contributed by atoms with E-state index in [4.69, 9.17) is 0 Å². The quantitative estimate of drug-likeness (QED) is 0.348. The van der Waals surface area contributed by atoms with Crippen molar-refractivity contribution in [3.05, 3.63) is 35.4 Å². The molecule has 1 aliphatic carbocycles. The smallest absolute Gasteiger partial charge is 0.251 e. The molecule has 3 amide bonds. The number of halogens is 2. The molecule has 0 radical (unpaired) electrons. The number of likely N-dealkylation sites (tertiary alicyclic amines) is 2. The van der Waals surface area contributed by atoms with Crippen LogP contribution in [0.2, 0.25) is 0 Å². The fraction of sp³-hybridized carbons (Fsp3) is 0.735. The number of amides is 3. The first-order valence-corrected chi connectivity index (χ1v) is 16.9. The highest BCUT2D eigenvalue weighted by molar-refractivity contribution is 6.00. The summed E-state index contributed by atoms with van der Waals surface area (Å²) in [5.41, 5.74) is 1.13. The number of nitrogens with zero attached hydrogens (tertiary/aromatic N) is 3. The van der Waals surface area contributed by atoms with Gasteiger partial charge in [0, 0.05) is 45.3 Å². The molecular weight excluding hydrogens is 613 g/mol. The van der Waals surface area contributed by atoms with Crippen molar-refractivity contribution in [1.82, 2.24) is 25.3 Å². The number of nitrogens with one attached hydrogen (secondary N) is 2. The van der Waals surface area contributed by atoms with Gasteiger partial charge in [0.15, 0.2) is 0 Å². The predicted molar refractivity (Wildman–Crippen MR) is 182 cm³/mol. The number of carbonyl (C=O) groups is 3. The van der Waals surface area contributed by atoms with E-state index in [-0.39, 0.29) is 48.5 Å². The molecule has 11 heteroatoms. The fourth-order valence-electron chi connectivity index (χ4n) is 7.92. The van der Waals surface area contributed by atoms with Gasteiger partial charge in [0.25, 0.3) is 5.91 Å². The lowest BCUT2D eigenvalue weighted by molar-refractivity contribution is -0.166. The van der Waals surface area contributed by atoms with Crippen LogP contribution in [-0.2, 0) is 16.1 Å². The second kappa shape index (κ2) is 17.3. The summed E-state index contributed by atoms with van der Waals surface area (Å²) < 4.78 is 0. The van der Waals surface area contributed by atoms with Gasteiger partial charge in [0.2, 0.25) is 11.8 Å². The molecule has 2 atom stereocenters. The third kappa shape index (κ3) is 8.72. The highest BCUT2D eigenvalue weighted by Gasteiger charge is 2.55. The maximum atomic E-state index is 13.9. The molecule has 1 aromatic carbocycles. The van der Waals surface area contributed by atoms with E-state index in [1.54, 1.807) is 7.05 Å². The normalized spacial score (nSPS) is 24.0. The molecule has 0 bridgehead atoms. The Labute approximate surface area is 282 Å². The molecule has 1 spiro atoms. The summed E-state index contributed by atoms with van der Waals surface area (Å²) in [7, 11) is 1.65. The minimum absolute atomic E-state index is 0. The van der Waals surface area contributed by atoms with Crippen molar-refractivity contribution in [2.45, 2.75) is 102 Å². The lowest BCUT2D eigenvalue weighted by Crippen LogP contribution is -2.75. The summed E-state index contributed by atoms with van der Waals surface area (Å²) in [6.07, 6.45) is 9.87. The summed E-state index contributed by atoms with van der Waals surface area (Å²) in [5.74, 6) is 0.537. The van der Waals surface area contributed by atoms with Crippen LogP contribution in [0.25, 0.3) is 0 Å². The number of piperazine rings is 1. The zero-order valence-electron chi connectivity index (χ0n) is 27.2. The minimum Gasteiger partial charge on any atom is -0.390 e. The number of rotatable bonds is 10. The van der Waals surface area contributed by atoms with E-state index in [9.17, 15) is 19.5 Å². The molecule has 4 fully saturated rings. The van der Waals surface area contributed by atoms with E-state index in [1.807, 2.05) is 17.0 Å². The van der Waals surface area contributed by atoms with Crippen molar-refractivity contribution in [3.63, 3.8) is 0 Å². The SMILES string of the molecule is CCCCN1C(=O)[C@@H]([C@H](O)C2CCCCC2)NC(=O)C12CCN(CC1CCN(Cc3ccc(C(=O)NC)cc3)CC1)CC2.Cl.Cl. The van der Waals surface area contributed by atoms with Crippen molar-refractivity contribution < 1.29 is 19.5 Å². The van der Waals surface area contributed by atoms with Crippen LogP contribution in [0.5, 0.6) is 0 Å². The van der Waals surface area contributed by atoms with E-state index in [0.717, 1.165) is 90.6 Å². The summed E-state index contributed by atoms with van der Waals surface area (Å²) in [4.78, 5) is 46.3. The number of carbonyl (C=O) groups excluding carboxylic acids is 3. The molecule has 9 nitrogen and oxygen atoms in total. The van der Waals surface area contributed by atoms with Gasteiger partial charge in [-0.25, -0.2) is 0 Å². The molecule has 5 rings (SSSR count). The van der Waals surface area contributed by atoms with Gasteiger partial charge in [-0.3, -0.25) is 19.3 Å². The number of unbranched alkanes of at least 4 members (excludes halogenated alkanes) is 1. The van der Waals surface area contributed by atoms with Crippen molar-refractivity contribution in [1.29, 1.82) is 0 Å². The topological polar surface area (TPSA) is 105 Å².